The Kier molecular flexibility index (Phi) is 4.36. The van der Waals surface area contributed by atoms with Crippen molar-refractivity contribution in [1.82, 2.24) is 25.1 Å². The fourth-order valence-corrected chi connectivity index (χ4v) is 2.02. The van der Waals surface area contributed by atoms with Crippen LogP contribution in [0, 0.1) is 6.92 Å². The molecule has 0 saturated heterocycles. The SMILES string of the molecule is CCn1nc(C)cc1C(=O)NC(Cc1cnc[nH]1)C(=O)O. The van der Waals surface area contributed by atoms with Gasteiger partial charge >= 0.3 is 5.97 Å². The maximum absolute atomic E-state index is 12.2. The van der Waals surface area contributed by atoms with Crippen LogP contribution in [0.1, 0.15) is 28.8 Å². The smallest absolute Gasteiger partial charge is 0.326 e. The molecular formula is C13H17N5O3. The number of carbonyl (C=O) groups excluding carboxylic acids is 1. The molecule has 0 bridgehead atoms. The van der Waals surface area contributed by atoms with E-state index in [9.17, 15) is 14.7 Å². The normalized spacial score (nSPS) is 12.1. The Labute approximate surface area is 121 Å². The molecule has 3 N–H and O–H groups in total. The predicted molar refractivity (Wildman–Crippen MR) is 73.8 cm³/mol. The van der Waals surface area contributed by atoms with Gasteiger partial charge in [0.1, 0.15) is 11.7 Å². The van der Waals surface area contributed by atoms with E-state index >= 15 is 0 Å². The number of aromatic nitrogens is 4. The number of H-pyrrole nitrogens is 1. The summed E-state index contributed by atoms with van der Waals surface area (Å²) in [6.45, 7) is 4.18. The highest BCUT2D eigenvalue weighted by atomic mass is 16.4. The van der Waals surface area contributed by atoms with Gasteiger partial charge in [0.2, 0.25) is 0 Å². The molecule has 0 aliphatic heterocycles. The van der Waals surface area contributed by atoms with Crippen molar-refractivity contribution in [1.29, 1.82) is 0 Å². The Morgan fingerprint density at radius 2 is 2.29 bits per heavy atom. The van der Waals surface area contributed by atoms with Gasteiger partial charge in [0.15, 0.2) is 0 Å². The molecule has 0 aliphatic rings. The summed E-state index contributed by atoms with van der Waals surface area (Å²) in [6, 6.07) is 0.604. The van der Waals surface area contributed by atoms with E-state index in [0.29, 0.717) is 23.6 Å². The molecule has 1 unspecified atom stereocenters. The van der Waals surface area contributed by atoms with E-state index in [0.717, 1.165) is 0 Å². The van der Waals surface area contributed by atoms with E-state index < -0.39 is 17.9 Å². The second kappa shape index (κ2) is 6.21. The van der Waals surface area contributed by atoms with Crippen molar-refractivity contribution in [2.75, 3.05) is 0 Å². The number of nitrogens with one attached hydrogen (secondary N) is 2. The minimum atomic E-state index is -1.10. The largest absolute Gasteiger partial charge is 0.480 e. The first-order valence-electron chi connectivity index (χ1n) is 6.56. The summed E-state index contributed by atoms with van der Waals surface area (Å²) in [6.07, 6.45) is 3.13. The van der Waals surface area contributed by atoms with Gasteiger partial charge in [-0.2, -0.15) is 5.10 Å². The van der Waals surface area contributed by atoms with Gasteiger partial charge < -0.3 is 15.4 Å². The average molecular weight is 291 g/mol. The summed E-state index contributed by atoms with van der Waals surface area (Å²) in [7, 11) is 0. The maximum Gasteiger partial charge on any atom is 0.326 e. The zero-order valence-corrected chi connectivity index (χ0v) is 11.8. The van der Waals surface area contributed by atoms with Crippen LogP contribution in [0.15, 0.2) is 18.6 Å². The number of imidazole rings is 1. The van der Waals surface area contributed by atoms with Crippen molar-refractivity contribution >= 4 is 11.9 Å². The molecule has 8 nitrogen and oxygen atoms in total. The molecule has 2 rings (SSSR count). The number of rotatable bonds is 6. The topological polar surface area (TPSA) is 113 Å². The Bertz CT molecular complexity index is 632. The highest BCUT2D eigenvalue weighted by Gasteiger charge is 2.23. The highest BCUT2D eigenvalue weighted by molar-refractivity contribution is 5.95. The molecule has 0 saturated carbocycles. The molecule has 0 aliphatic carbocycles. The van der Waals surface area contributed by atoms with Crippen LogP contribution >= 0.6 is 0 Å². The minimum absolute atomic E-state index is 0.139. The maximum atomic E-state index is 12.2. The molecule has 2 aromatic rings. The minimum Gasteiger partial charge on any atom is -0.480 e. The van der Waals surface area contributed by atoms with Gasteiger partial charge in [-0.15, -0.1) is 0 Å². The van der Waals surface area contributed by atoms with Gasteiger partial charge in [0.05, 0.1) is 12.0 Å². The van der Waals surface area contributed by atoms with Crippen LogP contribution in [0.2, 0.25) is 0 Å². The lowest BCUT2D eigenvalue weighted by Gasteiger charge is -2.14. The van der Waals surface area contributed by atoms with Crippen LogP contribution < -0.4 is 5.32 Å². The van der Waals surface area contributed by atoms with Gasteiger partial charge in [-0.25, -0.2) is 9.78 Å². The Balaban J connectivity index is 2.12. The highest BCUT2D eigenvalue weighted by Crippen LogP contribution is 2.06. The number of aliphatic carboxylic acids is 1. The summed E-state index contributed by atoms with van der Waals surface area (Å²) < 4.78 is 1.54. The third kappa shape index (κ3) is 3.47. The molecule has 1 amide bonds. The van der Waals surface area contributed by atoms with Crippen molar-refractivity contribution in [3.05, 3.63) is 35.7 Å². The van der Waals surface area contributed by atoms with Crippen molar-refractivity contribution in [2.24, 2.45) is 0 Å². The van der Waals surface area contributed by atoms with Gasteiger partial charge in [0, 0.05) is 24.9 Å². The van der Waals surface area contributed by atoms with E-state index in [1.807, 2.05) is 6.92 Å². The molecule has 8 heteroatoms. The molecule has 1 atom stereocenters. The van der Waals surface area contributed by atoms with Gasteiger partial charge in [-0.1, -0.05) is 0 Å². The summed E-state index contributed by atoms with van der Waals surface area (Å²) in [5.74, 6) is -1.55. The van der Waals surface area contributed by atoms with Crippen molar-refractivity contribution in [3.63, 3.8) is 0 Å². The molecule has 2 heterocycles. The van der Waals surface area contributed by atoms with Crippen molar-refractivity contribution in [2.45, 2.75) is 32.9 Å². The summed E-state index contributed by atoms with van der Waals surface area (Å²) >= 11 is 0. The van der Waals surface area contributed by atoms with Crippen LogP contribution in [0.5, 0.6) is 0 Å². The number of carboxylic acid groups (broad SMARTS) is 1. The number of carboxylic acids is 1. The number of carbonyl (C=O) groups is 2. The van der Waals surface area contributed by atoms with E-state index in [-0.39, 0.29) is 6.42 Å². The first-order chi connectivity index (χ1) is 10.0. The Hall–Kier alpha value is -2.64. The molecule has 0 fully saturated rings. The number of nitrogens with zero attached hydrogens (tertiary/aromatic N) is 3. The standard InChI is InChI=1S/C13H17N5O3/c1-3-18-11(4-8(2)17-18)12(19)16-10(13(20)21)5-9-6-14-7-15-9/h4,6-7,10H,3,5H2,1-2H3,(H,14,15)(H,16,19)(H,20,21). The Morgan fingerprint density at radius 1 is 1.52 bits per heavy atom. The lowest BCUT2D eigenvalue weighted by molar-refractivity contribution is -0.139. The van der Waals surface area contributed by atoms with Crippen LogP contribution in [0.25, 0.3) is 0 Å². The number of hydrogen-bond acceptors (Lipinski definition) is 4. The number of hydrogen-bond donors (Lipinski definition) is 3. The van der Waals surface area contributed by atoms with Crippen LogP contribution in [0.4, 0.5) is 0 Å². The van der Waals surface area contributed by atoms with E-state index in [4.69, 9.17) is 0 Å². The zero-order valence-electron chi connectivity index (χ0n) is 11.8. The second-order valence-electron chi connectivity index (χ2n) is 4.63. The van der Waals surface area contributed by atoms with Gasteiger partial charge in [0.25, 0.3) is 5.91 Å². The average Bonchev–Trinajstić information content (AvgIpc) is 3.06. The predicted octanol–water partition coefficient (Wildman–Crippen LogP) is 0.360. The van der Waals surface area contributed by atoms with E-state index in [1.165, 1.54) is 12.5 Å². The molecular weight excluding hydrogens is 274 g/mol. The molecule has 2 aromatic heterocycles. The van der Waals surface area contributed by atoms with Crippen molar-refractivity contribution in [3.8, 4) is 0 Å². The number of aromatic amines is 1. The molecule has 112 valence electrons. The van der Waals surface area contributed by atoms with Crippen molar-refractivity contribution < 1.29 is 14.7 Å². The summed E-state index contributed by atoms with van der Waals surface area (Å²) in [5, 5.41) is 15.9. The van der Waals surface area contributed by atoms with E-state index in [2.05, 4.69) is 20.4 Å². The van der Waals surface area contributed by atoms with E-state index in [1.54, 1.807) is 17.7 Å². The van der Waals surface area contributed by atoms with Gasteiger partial charge in [-0.3, -0.25) is 9.48 Å². The third-order valence-corrected chi connectivity index (χ3v) is 3.02. The lowest BCUT2D eigenvalue weighted by Crippen LogP contribution is -2.43. The van der Waals surface area contributed by atoms with Crippen LogP contribution in [-0.2, 0) is 17.8 Å². The molecule has 0 aromatic carbocycles. The zero-order chi connectivity index (χ0) is 15.4. The quantitative estimate of drug-likeness (QED) is 0.711. The fourth-order valence-electron chi connectivity index (χ4n) is 2.02. The molecule has 0 spiro atoms. The molecule has 0 radical (unpaired) electrons. The Morgan fingerprint density at radius 3 is 2.86 bits per heavy atom. The summed E-state index contributed by atoms with van der Waals surface area (Å²) in [5.41, 5.74) is 1.70. The van der Waals surface area contributed by atoms with Crippen LogP contribution in [0.3, 0.4) is 0 Å². The monoisotopic (exact) mass is 291 g/mol. The first-order valence-corrected chi connectivity index (χ1v) is 6.56. The number of amides is 1. The lowest BCUT2D eigenvalue weighted by atomic mass is 10.1. The van der Waals surface area contributed by atoms with Gasteiger partial charge in [-0.05, 0) is 19.9 Å². The van der Waals surface area contributed by atoms with Crippen LogP contribution in [-0.4, -0.2) is 42.8 Å². The fraction of sp³-hybridized carbons (Fsp3) is 0.385. The molecule has 21 heavy (non-hydrogen) atoms. The first kappa shape index (κ1) is 14.8. The number of aryl methyl sites for hydroxylation is 2. The summed E-state index contributed by atoms with van der Waals surface area (Å²) in [4.78, 5) is 30.1. The second-order valence-corrected chi connectivity index (χ2v) is 4.63. The third-order valence-electron chi connectivity index (χ3n) is 3.02.